The maximum atomic E-state index is 6.12. The minimum atomic E-state index is 0.587. The zero-order valence-electron chi connectivity index (χ0n) is 11.6. The van der Waals surface area contributed by atoms with Crippen molar-refractivity contribution in [2.75, 3.05) is 11.9 Å². The molecule has 3 aromatic rings. The van der Waals surface area contributed by atoms with Crippen molar-refractivity contribution in [3.05, 3.63) is 58.2 Å². The number of pyridine rings is 1. The number of nitrogens with one attached hydrogen (secondary N) is 1. The number of benzene rings is 1. The molecule has 22 heavy (non-hydrogen) atoms. The summed E-state index contributed by atoms with van der Waals surface area (Å²) in [5.74, 6) is 0.985. The fraction of sp³-hybridized carbons (Fsp3) is 0.125. The molecule has 4 rings (SSSR count). The zero-order valence-corrected chi connectivity index (χ0v) is 13.1. The molecule has 6 heteroatoms. The standard InChI is InChI=1S/C16H12Cl2N4/c17-10-7-11(18)9-12(8-10)22-16-13(4-6-20-16)15(21-22)14-3-1-2-5-19-14/h1-3,5,7-9,20H,4,6H2. The molecule has 1 N–H and O–H groups in total. The van der Waals surface area contributed by atoms with Crippen LogP contribution in [0.15, 0.2) is 42.6 Å². The Morgan fingerprint density at radius 3 is 2.64 bits per heavy atom. The second-order valence-electron chi connectivity index (χ2n) is 5.11. The SMILES string of the molecule is Clc1cc(Cl)cc(-n2nc(-c3ccccn3)c3c2NCC3)c1. The molecular formula is C16H12Cl2N4. The van der Waals surface area contributed by atoms with Crippen molar-refractivity contribution in [1.29, 1.82) is 0 Å². The molecule has 110 valence electrons. The minimum Gasteiger partial charge on any atom is -0.369 e. The van der Waals surface area contributed by atoms with E-state index in [1.54, 1.807) is 12.3 Å². The van der Waals surface area contributed by atoms with Crippen LogP contribution in [0.1, 0.15) is 5.56 Å². The van der Waals surface area contributed by atoms with Gasteiger partial charge in [-0.1, -0.05) is 29.3 Å². The molecule has 3 heterocycles. The first-order chi connectivity index (χ1) is 10.7. The molecule has 0 saturated carbocycles. The molecule has 0 bridgehead atoms. The van der Waals surface area contributed by atoms with Gasteiger partial charge in [0.05, 0.1) is 11.4 Å². The summed E-state index contributed by atoms with van der Waals surface area (Å²) in [6, 6.07) is 11.2. The molecule has 2 aromatic heterocycles. The van der Waals surface area contributed by atoms with E-state index in [9.17, 15) is 0 Å². The lowest BCUT2D eigenvalue weighted by Crippen LogP contribution is -2.04. The van der Waals surface area contributed by atoms with E-state index in [1.807, 2.05) is 35.0 Å². The van der Waals surface area contributed by atoms with E-state index in [0.717, 1.165) is 35.9 Å². The Balaban J connectivity index is 1.91. The van der Waals surface area contributed by atoms with Gasteiger partial charge in [0.2, 0.25) is 0 Å². The van der Waals surface area contributed by atoms with E-state index >= 15 is 0 Å². The van der Waals surface area contributed by atoms with Gasteiger partial charge in [-0.25, -0.2) is 4.68 Å². The summed E-state index contributed by atoms with van der Waals surface area (Å²) in [7, 11) is 0. The van der Waals surface area contributed by atoms with E-state index < -0.39 is 0 Å². The van der Waals surface area contributed by atoms with E-state index in [2.05, 4.69) is 10.3 Å². The number of fused-ring (bicyclic) bond motifs is 1. The average Bonchev–Trinajstić information content (AvgIpc) is 3.08. The molecule has 0 amide bonds. The molecule has 0 radical (unpaired) electrons. The predicted molar refractivity (Wildman–Crippen MR) is 89.0 cm³/mol. The maximum Gasteiger partial charge on any atom is 0.133 e. The third kappa shape index (κ3) is 2.25. The van der Waals surface area contributed by atoms with Crippen molar-refractivity contribution in [3.8, 4) is 17.1 Å². The Morgan fingerprint density at radius 1 is 1.09 bits per heavy atom. The quantitative estimate of drug-likeness (QED) is 0.765. The van der Waals surface area contributed by atoms with Gasteiger partial charge in [-0.3, -0.25) is 4.98 Å². The van der Waals surface area contributed by atoms with Gasteiger partial charge < -0.3 is 5.32 Å². The summed E-state index contributed by atoms with van der Waals surface area (Å²) in [4.78, 5) is 4.41. The Bertz CT molecular complexity index is 823. The van der Waals surface area contributed by atoms with Gasteiger partial charge in [0.25, 0.3) is 0 Å². The lowest BCUT2D eigenvalue weighted by atomic mass is 10.1. The number of hydrogen-bond donors (Lipinski definition) is 1. The highest BCUT2D eigenvalue weighted by Crippen LogP contribution is 2.34. The first-order valence-electron chi connectivity index (χ1n) is 6.96. The van der Waals surface area contributed by atoms with Gasteiger partial charge >= 0.3 is 0 Å². The highest BCUT2D eigenvalue weighted by Gasteiger charge is 2.24. The summed E-state index contributed by atoms with van der Waals surface area (Å²) >= 11 is 12.2. The van der Waals surface area contributed by atoms with Crippen LogP contribution in [0.4, 0.5) is 5.82 Å². The first-order valence-corrected chi connectivity index (χ1v) is 7.71. The van der Waals surface area contributed by atoms with Crippen LogP contribution in [-0.4, -0.2) is 21.3 Å². The second kappa shape index (κ2) is 5.30. The lowest BCUT2D eigenvalue weighted by Gasteiger charge is -2.07. The summed E-state index contributed by atoms with van der Waals surface area (Å²) in [6.45, 7) is 0.890. The van der Waals surface area contributed by atoms with E-state index in [0.29, 0.717) is 10.0 Å². The van der Waals surface area contributed by atoms with Gasteiger partial charge in [-0.15, -0.1) is 0 Å². The van der Waals surface area contributed by atoms with Crippen LogP contribution in [0.5, 0.6) is 0 Å². The van der Waals surface area contributed by atoms with Crippen molar-refractivity contribution < 1.29 is 0 Å². The number of rotatable bonds is 2. The van der Waals surface area contributed by atoms with Gasteiger partial charge in [0.15, 0.2) is 0 Å². The van der Waals surface area contributed by atoms with Crippen molar-refractivity contribution in [1.82, 2.24) is 14.8 Å². The predicted octanol–water partition coefficient (Wildman–Crippen LogP) is 4.21. The first kappa shape index (κ1) is 13.6. The van der Waals surface area contributed by atoms with Crippen LogP contribution in [0.2, 0.25) is 10.0 Å². The van der Waals surface area contributed by atoms with Gasteiger partial charge in [0, 0.05) is 28.4 Å². The molecule has 0 spiro atoms. The van der Waals surface area contributed by atoms with Crippen molar-refractivity contribution in [2.24, 2.45) is 0 Å². The van der Waals surface area contributed by atoms with Crippen LogP contribution in [0, 0.1) is 0 Å². The van der Waals surface area contributed by atoms with Crippen molar-refractivity contribution >= 4 is 29.0 Å². The third-order valence-electron chi connectivity index (χ3n) is 3.65. The monoisotopic (exact) mass is 330 g/mol. The topological polar surface area (TPSA) is 42.7 Å². The van der Waals surface area contributed by atoms with Gasteiger partial charge in [-0.05, 0) is 36.8 Å². The van der Waals surface area contributed by atoms with Crippen LogP contribution in [0.3, 0.4) is 0 Å². The molecule has 0 aliphatic carbocycles. The fourth-order valence-electron chi connectivity index (χ4n) is 2.73. The molecule has 1 aliphatic rings. The Labute approximate surface area is 137 Å². The summed E-state index contributed by atoms with van der Waals surface area (Å²) < 4.78 is 1.85. The van der Waals surface area contributed by atoms with Crippen LogP contribution in [0.25, 0.3) is 17.1 Å². The Kier molecular flexibility index (Phi) is 3.28. The molecule has 0 atom stereocenters. The zero-order chi connectivity index (χ0) is 15.1. The average molecular weight is 331 g/mol. The molecule has 0 saturated heterocycles. The third-order valence-corrected chi connectivity index (χ3v) is 4.09. The molecule has 0 fully saturated rings. The Morgan fingerprint density at radius 2 is 1.91 bits per heavy atom. The maximum absolute atomic E-state index is 6.12. The minimum absolute atomic E-state index is 0.587. The van der Waals surface area contributed by atoms with Crippen molar-refractivity contribution in [2.45, 2.75) is 6.42 Å². The van der Waals surface area contributed by atoms with Gasteiger partial charge in [0.1, 0.15) is 11.5 Å². The number of aromatic nitrogens is 3. The van der Waals surface area contributed by atoms with E-state index in [1.165, 1.54) is 5.56 Å². The second-order valence-corrected chi connectivity index (χ2v) is 5.98. The summed E-state index contributed by atoms with van der Waals surface area (Å²) in [5.41, 5.74) is 3.78. The molecule has 1 aromatic carbocycles. The number of halogens is 2. The smallest absolute Gasteiger partial charge is 0.133 e. The highest BCUT2D eigenvalue weighted by molar-refractivity contribution is 6.34. The normalized spacial score (nSPS) is 13.0. The fourth-order valence-corrected chi connectivity index (χ4v) is 3.25. The number of hydrogen-bond acceptors (Lipinski definition) is 3. The lowest BCUT2D eigenvalue weighted by molar-refractivity contribution is 0.880. The molecule has 0 unspecified atom stereocenters. The van der Waals surface area contributed by atoms with E-state index in [-0.39, 0.29) is 0 Å². The Hall–Kier alpha value is -2.04. The highest BCUT2D eigenvalue weighted by atomic mass is 35.5. The largest absolute Gasteiger partial charge is 0.369 e. The van der Waals surface area contributed by atoms with Crippen LogP contribution >= 0.6 is 23.2 Å². The molecular weight excluding hydrogens is 319 g/mol. The van der Waals surface area contributed by atoms with Crippen LogP contribution < -0.4 is 5.32 Å². The number of anilines is 1. The molecule has 1 aliphatic heterocycles. The van der Waals surface area contributed by atoms with E-state index in [4.69, 9.17) is 28.3 Å². The summed E-state index contributed by atoms with van der Waals surface area (Å²) in [5, 5.41) is 9.29. The molecule has 4 nitrogen and oxygen atoms in total. The van der Waals surface area contributed by atoms with Gasteiger partial charge in [-0.2, -0.15) is 5.10 Å². The summed E-state index contributed by atoms with van der Waals surface area (Å²) in [6.07, 6.45) is 2.70. The van der Waals surface area contributed by atoms with Crippen molar-refractivity contribution in [3.63, 3.8) is 0 Å². The van der Waals surface area contributed by atoms with Crippen LogP contribution in [-0.2, 0) is 6.42 Å². The number of nitrogens with zero attached hydrogens (tertiary/aromatic N) is 3.